The van der Waals surface area contributed by atoms with Gasteiger partial charge in [-0.15, -0.1) is 0 Å². The van der Waals surface area contributed by atoms with Crippen molar-refractivity contribution in [2.24, 2.45) is 0 Å². The van der Waals surface area contributed by atoms with Crippen molar-refractivity contribution in [3.8, 4) is 0 Å². The Morgan fingerprint density at radius 3 is 2.63 bits per heavy atom. The molecule has 0 aromatic carbocycles. The van der Waals surface area contributed by atoms with Crippen LogP contribution in [0.1, 0.15) is 13.3 Å². The summed E-state index contributed by atoms with van der Waals surface area (Å²) in [6, 6.07) is 0. The van der Waals surface area contributed by atoms with Gasteiger partial charge in [-0.05, 0) is 19.1 Å². The van der Waals surface area contributed by atoms with Crippen LogP contribution in [0.25, 0.3) is 0 Å². The van der Waals surface area contributed by atoms with Gasteiger partial charge in [0.25, 0.3) is 0 Å². The van der Waals surface area contributed by atoms with E-state index in [1.807, 2.05) is 0 Å². The summed E-state index contributed by atoms with van der Waals surface area (Å²) >= 11 is 4.80. The number of carbonyl (C=O) groups excluding carboxylic acids is 4. The predicted molar refractivity (Wildman–Crippen MR) is 65.1 cm³/mol. The highest BCUT2D eigenvalue weighted by atomic mass is 32.1. The molecular formula is C11H8N2O5S. The molecule has 2 heterocycles. The van der Waals surface area contributed by atoms with E-state index in [4.69, 9.17) is 17.0 Å². The molecule has 0 aromatic rings. The highest BCUT2D eigenvalue weighted by Gasteiger charge is 2.31. The summed E-state index contributed by atoms with van der Waals surface area (Å²) in [7, 11) is 0. The number of esters is 1. The van der Waals surface area contributed by atoms with E-state index in [-0.39, 0.29) is 16.4 Å². The van der Waals surface area contributed by atoms with Crippen molar-refractivity contribution in [1.29, 1.82) is 0 Å². The van der Waals surface area contributed by atoms with Gasteiger partial charge in [0.1, 0.15) is 17.8 Å². The topological polar surface area (TPSA) is 92.8 Å². The predicted octanol–water partition coefficient (Wildman–Crippen LogP) is -0.467. The minimum absolute atomic E-state index is 0.174. The van der Waals surface area contributed by atoms with Crippen molar-refractivity contribution in [3.05, 3.63) is 23.6 Å². The second-order valence-electron chi connectivity index (χ2n) is 3.85. The van der Waals surface area contributed by atoms with Gasteiger partial charge in [-0.3, -0.25) is 19.3 Å². The number of hydrogen-bond acceptors (Lipinski definition) is 6. The average molecular weight is 280 g/mol. The number of nitrogens with one attached hydrogen (secondary N) is 1. The van der Waals surface area contributed by atoms with E-state index in [0.29, 0.717) is 0 Å². The van der Waals surface area contributed by atoms with Crippen LogP contribution in [-0.4, -0.2) is 33.6 Å². The first kappa shape index (κ1) is 13.1. The number of thiocarbonyl (C=S) groups is 1. The van der Waals surface area contributed by atoms with Crippen LogP contribution in [0.5, 0.6) is 0 Å². The number of carbonyl (C=O) groups is 4. The average Bonchev–Trinajstić information content (AvgIpc) is 2.25. The minimum Gasteiger partial charge on any atom is -0.427 e. The molecule has 1 N–H and O–H groups in total. The maximum atomic E-state index is 11.7. The smallest absolute Gasteiger partial charge is 0.348 e. The quantitative estimate of drug-likeness (QED) is 0.229. The van der Waals surface area contributed by atoms with Crippen molar-refractivity contribution in [1.82, 2.24) is 10.2 Å². The molecule has 0 aliphatic carbocycles. The lowest BCUT2D eigenvalue weighted by Crippen LogP contribution is -2.50. The Morgan fingerprint density at radius 2 is 2.05 bits per heavy atom. The molecule has 0 atom stereocenters. The zero-order chi connectivity index (χ0) is 14.2. The van der Waals surface area contributed by atoms with E-state index >= 15 is 0 Å². The molecule has 0 spiro atoms. The molecule has 8 heteroatoms. The van der Waals surface area contributed by atoms with Gasteiger partial charge in [0.15, 0.2) is 10.9 Å². The third kappa shape index (κ3) is 2.58. The van der Waals surface area contributed by atoms with Crippen molar-refractivity contribution >= 4 is 40.9 Å². The lowest BCUT2D eigenvalue weighted by molar-refractivity contribution is -0.137. The van der Waals surface area contributed by atoms with Crippen LogP contribution in [0.3, 0.4) is 0 Å². The molecule has 0 radical (unpaired) electrons. The maximum Gasteiger partial charge on any atom is 0.348 e. The summed E-state index contributed by atoms with van der Waals surface area (Å²) in [6.45, 7) is 1.46. The number of amides is 2. The van der Waals surface area contributed by atoms with Gasteiger partial charge in [0.05, 0.1) is 0 Å². The molecule has 0 saturated carbocycles. The Morgan fingerprint density at radius 1 is 1.37 bits per heavy atom. The van der Waals surface area contributed by atoms with Gasteiger partial charge in [-0.2, -0.15) is 0 Å². The number of cyclic esters (lactones) is 1. The van der Waals surface area contributed by atoms with E-state index in [0.717, 1.165) is 17.2 Å². The Labute approximate surface area is 112 Å². The molecule has 1 saturated heterocycles. The highest BCUT2D eigenvalue weighted by molar-refractivity contribution is 7.80. The molecular weight excluding hydrogens is 272 g/mol. The van der Waals surface area contributed by atoms with Crippen LogP contribution in [0.15, 0.2) is 23.6 Å². The largest absolute Gasteiger partial charge is 0.427 e. The molecule has 2 aliphatic rings. The molecule has 1 fully saturated rings. The number of ketones is 1. The number of rotatable bonds is 1. The lowest BCUT2D eigenvalue weighted by atomic mass is 10.1. The fourth-order valence-electron chi connectivity index (χ4n) is 1.53. The first-order valence-electron chi connectivity index (χ1n) is 5.21. The second-order valence-corrected chi connectivity index (χ2v) is 4.23. The van der Waals surface area contributed by atoms with Gasteiger partial charge >= 0.3 is 5.97 Å². The van der Waals surface area contributed by atoms with Gasteiger partial charge in [0.2, 0.25) is 11.8 Å². The Bertz CT molecular complexity index is 570. The standard InChI is InChI=1S/C11H8N2O5S/c1-5-2-7(14)6(10(17)18-5)4-13-9(16)3-8(15)12-11(13)19/h2,4H,3H2,1H3,(H,12,15,19)/b6-4+. The van der Waals surface area contributed by atoms with E-state index in [1.54, 1.807) is 0 Å². The highest BCUT2D eigenvalue weighted by Crippen LogP contribution is 2.16. The summed E-state index contributed by atoms with van der Waals surface area (Å²) < 4.78 is 4.77. The Hall–Kier alpha value is -2.35. The van der Waals surface area contributed by atoms with Crippen LogP contribution >= 0.6 is 12.2 Å². The summed E-state index contributed by atoms with van der Waals surface area (Å²) in [6.07, 6.45) is 1.71. The van der Waals surface area contributed by atoms with Crippen LogP contribution in [0.2, 0.25) is 0 Å². The zero-order valence-electron chi connectivity index (χ0n) is 9.76. The third-order valence-corrected chi connectivity index (χ3v) is 2.68. The molecule has 0 bridgehead atoms. The van der Waals surface area contributed by atoms with E-state index < -0.39 is 30.0 Å². The van der Waals surface area contributed by atoms with Crippen LogP contribution in [0, 0.1) is 0 Å². The summed E-state index contributed by atoms with van der Waals surface area (Å²) in [4.78, 5) is 46.8. The van der Waals surface area contributed by atoms with Crippen molar-refractivity contribution in [2.75, 3.05) is 0 Å². The summed E-state index contributed by atoms with van der Waals surface area (Å²) in [5, 5.41) is 2.08. The third-order valence-electron chi connectivity index (χ3n) is 2.38. The summed E-state index contributed by atoms with van der Waals surface area (Å²) in [5.41, 5.74) is -0.322. The molecule has 98 valence electrons. The van der Waals surface area contributed by atoms with Gasteiger partial charge in [-0.1, -0.05) is 0 Å². The van der Waals surface area contributed by atoms with Crippen molar-refractivity contribution in [3.63, 3.8) is 0 Å². The number of nitrogens with zero attached hydrogens (tertiary/aromatic N) is 1. The Balaban J connectivity index is 2.33. The first-order valence-corrected chi connectivity index (χ1v) is 5.62. The molecule has 0 unspecified atom stereocenters. The molecule has 0 aromatic heterocycles. The lowest BCUT2D eigenvalue weighted by Gasteiger charge is -2.25. The number of ether oxygens (including phenoxy) is 1. The molecule has 19 heavy (non-hydrogen) atoms. The molecule has 2 aliphatic heterocycles. The van der Waals surface area contributed by atoms with Crippen molar-refractivity contribution in [2.45, 2.75) is 13.3 Å². The normalized spacial score (nSPS) is 22.4. The maximum absolute atomic E-state index is 11.7. The fourth-order valence-corrected chi connectivity index (χ4v) is 1.80. The van der Waals surface area contributed by atoms with Crippen LogP contribution in [0.4, 0.5) is 0 Å². The van der Waals surface area contributed by atoms with Gasteiger partial charge in [-0.25, -0.2) is 4.79 Å². The number of hydrogen-bond donors (Lipinski definition) is 1. The van der Waals surface area contributed by atoms with Crippen LogP contribution < -0.4 is 5.32 Å². The first-order chi connectivity index (χ1) is 8.88. The number of allylic oxidation sites excluding steroid dienone is 2. The minimum atomic E-state index is -0.863. The van der Waals surface area contributed by atoms with Gasteiger partial charge < -0.3 is 10.1 Å². The Kier molecular flexibility index (Phi) is 3.26. The monoisotopic (exact) mass is 280 g/mol. The van der Waals surface area contributed by atoms with Gasteiger partial charge in [0, 0.05) is 12.3 Å². The van der Waals surface area contributed by atoms with E-state index in [2.05, 4.69) is 5.32 Å². The molecule has 2 rings (SSSR count). The second kappa shape index (κ2) is 4.73. The fraction of sp³-hybridized carbons (Fsp3) is 0.182. The van der Waals surface area contributed by atoms with Crippen LogP contribution in [-0.2, 0) is 23.9 Å². The van der Waals surface area contributed by atoms with Crippen molar-refractivity contribution < 1.29 is 23.9 Å². The van der Waals surface area contributed by atoms with E-state index in [9.17, 15) is 19.2 Å². The molecule has 7 nitrogen and oxygen atoms in total. The SMILES string of the molecule is CC1=CC(=O)/C(=C\N2C(=O)CC(=O)NC2=S)C(=O)O1. The summed E-state index contributed by atoms with van der Waals surface area (Å²) in [5.74, 6) is -2.42. The zero-order valence-corrected chi connectivity index (χ0v) is 10.6. The molecule has 2 amide bonds. The van der Waals surface area contributed by atoms with E-state index in [1.165, 1.54) is 6.92 Å².